The Morgan fingerprint density at radius 1 is 1.26 bits per heavy atom. The summed E-state index contributed by atoms with van der Waals surface area (Å²) in [5, 5.41) is 0.500. The van der Waals surface area contributed by atoms with E-state index in [2.05, 4.69) is 23.5 Å². The minimum atomic E-state index is -3.34. The molecule has 1 aromatic rings. The van der Waals surface area contributed by atoms with Crippen LogP contribution in [0, 0.1) is 11.8 Å². The average molecular weight is 359 g/mol. The van der Waals surface area contributed by atoms with Gasteiger partial charge in [-0.25, -0.2) is 13.1 Å². The Morgan fingerprint density at radius 3 is 2.52 bits per heavy atom. The maximum atomic E-state index is 12.2. The molecule has 0 atom stereocenters. The fourth-order valence-corrected chi connectivity index (χ4v) is 4.54. The monoisotopic (exact) mass is 358 g/mol. The van der Waals surface area contributed by atoms with Crippen LogP contribution in [0.25, 0.3) is 0 Å². The van der Waals surface area contributed by atoms with Gasteiger partial charge in [0.2, 0.25) is 10.0 Å². The lowest BCUT2D eigenvalue weighted by Crippen LogP contribution is -2.40. The number of nitrogens with zero attached hydrogens (tertiary/aromatic N) is 1. The highest BCUT2D eigenvalue weighted by Gasteiger charge is 2.22. The lowest BCUT2D eigenvalue weighted by Gasteiger charge is -2.33. The molecule has 1 saturated heterocycles. The van der Waals surface area contributed by atoms with Crippen LogP contribution < -0.4 is 4.72 Å². The zero-order chi connectivity index (χ0) is 16.9. The maximum Gasteiger partial charge on any atom is 0.215 e. The molecule has 4 nitrogen and oxygen atoms in total. The molecule has 6 heteroatoms. The number of likely N-dealkylation sites (tertiary alicyclic amines) is 1. The summed E-state index contributed by atoms with van der Waals surface area (Å²) in [5.41, 5.74) is 0.647. The first kappa shape index (κ1) is 18.7. The molecule has 1 aliphatic heterocycles. The molecule has 1 N–H and O–H groups in total. The first-order valence-electron chi connectivity index (χ1n) is 8.29. The van der Waals surface area contributed by atoms with Crippen molar-refractivity contribution in [3.8, 4) is 0 Å². The number of hydrogen-bond donors (Lipinski definition) is 1. The van der Waals surface area contributed by atoms with Crippen molar-refractivity contribution >= 4 is 21.6 Å². The topological polar surface area (TPSA) is 49.4 Å². The van der Waals surface area contributed by atoms with Crippen molar-refractivity contribution in [2.75, 3.05) is 26.2 Å². The SMILES string of the molecule is CC(C)CN1CCC(CNS(=O)(=O)Cc2ccccc2Cl)CC1. The van der Waals surface area contributed by atoms with Crippen LogP contribution in [0.15, 0.2) is 24.3 Å². The first-order valence-corrected chi connectivity index (χ1v) is 10.3. The molecule has 0 amide bonds. The summed E-state index contributed by atoms with van der Waals surface area (Å²) in [6.07, 6.45) is 2.11. The van der Waals surface area contributed by atoms with Gasteiger partial charge in [0.15, 0.2) is 0 Å². The van der Waals surface area contributed by atoms with Crippen molar-refractivity contribution in [3.05, 3.63) is 34.9 Å². The van der Waals surface area contributed by atoms with Crippen molar-refractivity contribution in [1.82, 2.24) is 9.62 Å². The van der Waals surface area contributed by atoms with E-state index in [1.165, 1.54) is 0 Å². The standard InChI is InChI=1S/C17H27ClN2O2S/c1-14(2)12-20-9-7-15(8-10-20)11-19-23(21,22)13-16-5-3-4-6-17(16)18/h3-6,14-15,19H,7-13H2,1-2H3. The van der Waals surface area contributed by atoms with Gasteiger partial charge >= 0.3 is 0 Å². The molecule has 0 spiro atoms. The zero-order valence-electron chi connectivity index (χ0n) is 14.0. The van der Waals surface area contributed by atoms with Crippen LogP contribution in [-0.4, -0.2) is 39.5 Å². The molecule has 0 bridgehead atoms. The molecule has 0 unspecified atom stereocenters. The fraction of sp³-hybridized carbons (Fsp3) is 0.647. The van der Waals surface area contributed by atoms with E-state index in [9.17, 15) is 8.42 Å². The number of sulfonamides is 1. The van der Waals surface area contributed by atoms with Gasteiger partial charge in [-0.1, -0.05) is 43.6 Å². The number of rotatable bonds is 7. The van der Waals surface area contributed by atoms with Crippen molar-refractivity contribution in [3.63, 3.8) is 0 Å². The molecule has 130 valence electrons. The van der Waals surface area contributed by atoms with E-state index in [-0.39, 0.29) is 5.75 Å². The number of halogens is 1. The summed E-state index contributed by atoms with van der Waals surface area (Å²) in [5.74, 6) is 1.05. The van der Waals surface area contributed by atoms with Gasteiger partial charge in [-0.2, -0.15) is 0 Å². The van der Waals surface area contributed by atoms with Gasteiger partial charge < -0.3 is 4.90 Å². The third kappa shape index (κ3) is 6.42. The first-order chi connectivity index (χ1) is 10.9. The van der Waals surface area contributed by atoms with Gasteiger partial charge in [0.1, 0.15) is 0 Å². The van der Waals surface area contributed by atoms with Gasteiger partial charge in [0.05, 0.1) is 5.75 Å². The Balaban J connectivity index is 1.78. The van der Waals surface area contributed by atoms with Crippen molar-refractivity contribution < 1.29 is 8.42 Å². The lowest BCUT2D eigenvalue weighted by molar-refractivity contribution is 0.169. The van der Waals surface area contributed by atoms with E-state index >= 15 is 0 Å². The molecule has 0 saturated carbocycles. The highest BCUT2D eigenvalue weighted by Crippen LogP contribution is 2.19. The molecule has 2 rings (SSSR count). The number of benzene rings is 1. The molecule has 1 heterocycles. The van der Waals surface area contributed by atoms with E-state index in [1.807, 2.05) is 0 Å². The van der Waals surface area contributed by atoms with Crippen molar-refractivity contribution in [1.29, 1.82) is 0 Å². The van der Waals surface area contributed by atoms with Crippen LogP contribution in [0.4, 0.5) is 0 Å². The fourth-order valence-electron chi connectivity index (χ4n) is 3.01. The minimum Gasteiger partial charge on any atom is -0.303 e. The van der Waals surface area contributed by atoms with Crippen LogP contribution in [0.3, 0.4) is 0 Å². The van der Waals surface area contributed by atoms with E-state index < -0.39 is 10.0 Å². The zero-order valence-corrected chi connectivity index (χ0v) is 15.5. The van der Waals surface area contributed by atoms with Crippen LogP contribution in [0.1, 0.15) is 32.3 Å². The smallest absolute Gasteiger partial charge is 0.215 e. The number of hydrogen-bond acceptors (Lipinski definition) is 3. The molecule has 23 heavy (non-hydrogen) atoms. The van der Waals surface area contributed by atoms with Gasteiger partial charge in [-0.05, 0) is 49.4 Å². The quantitative estimate of drug-likeness (QED) is 0.814. The van der Waals surface area contributed by atoms with Crippen LogP contribution in [0.5, 0.6) is 0 Å². The summed E-state index contributed by atoms with van der Waals surface area (Å²) in [6.45, 7) is 8.25. The molecule has 0 radical (unpaired) electrons. The van der Waals surface area contributed by atoms with Gasteiger partial charge in [-0.3, -0.25) is 0 Å². The second-order valence-electron chi connectivity index (χ2n) is 6.84. The summed E-state index contributed by atoms with van der Waals surface area (Å²) >= 11 is 6.04. The summed E-state index contributed by atoms with van der Waals surface area (Å²) in [7, 11) is -3.34. The highest BCUT2D eigenvalue weighted by molar-refractivity contribution is 7.88. The predicted octanol–water partition coefficient (Wildman–Crippen LogP) is 3.13. The highest BCUT2D eigenvalue weighted by atomic mass is 35.5. The minimum absolute atomic E-state index is 0.0567. The summed E-state index contributed by atoms with van der Waals surface area (Å²) < 4.78 is 27.2. The maximum absolute atomic E-state index is 12.2. The van der Waals surface area contributed by atoms with Gasteiger partial charge in [-0.15, -0.1) is 0 Å². The number of nitrogens with one attached hydrogen (secondary N) is 1. The van der Waals surface area contributed by atoms with E-state index in [1.54, 1.807) is 24.3 Å². The number of piperidine rings is 1. The molecular weight excluding hydrogens is 332 g/mol. The van der Waals surface area contributed by atoms with Crippen molar-refractivity contribution in [2.45, 2.75) is 32.4 Å². The van der Waals surface area contributed by atoms with E-state index in [0.29, 0.717) is 29.0 Å². The van der Waals surface area contributed by atoms with Gasteiger partial charge in [0, 0.05) is 18.1 Å². The Bertz CT molecular complexity index is 596. The Kier molecular flexibility index (Phi) is 6.89. The molecule has 1 aromatic carbocycles. The third-order valence-corrected chi connectivity index (χ3v) is 5.89. The molecule has 0 aliphatic carbocycles. The van der Waals surface area contributed by atoms with E-state index in [0.717, 1.165) is 32.5 Å². The molecule has 1 aliphatic rings. The lowest BCUT2D eigenvalue weighted by atomic mass is 9.96. The van der Waals surface area contributed by atoms with E-state index in [4.69, 9.17) is 11.6 Å². The summed E-state index contributed by atoms with van der Waals surface area (Å²) in [6, 6.07) is 7.08. The second kappa shape index (κ2) is 8.47. The van der Waals surface area contributed by atoms with Crippen LogP contribution in [0.2, 0.25) is 5.02 Å². The molecule has 1 fully saturated rings. The Labute approximate surface area is 145 Å². The Hall–Kier alpha value is -0.620. The van der Waals surface area contributed by atoms with Crippen LogP contribution in [-0.2, 0) is 15.8 Å². The van der Waals surface area contributed by atoms with Gasteiger partial charge in [0.25, 0.3) is 0 Å². The van der Waals surface area contributed by atoms with Crippen LogP contribution >= 0.6 is 11.6 Å². The largest absolute Gasteiger partial charge is 0.303 e. The average Bonchev–Trinajstić information content (AvgIpc) is 2.48. The predicted molar refractivity (Wildman–Crippen MR) is 96.1 cm³/mol. The molecule has 0 aromatic heterocycles. The molecular formula is C17H27ClN2O2S. The third-order valence-electron chi connectivity index (χ3n) is 4.23. The van der Waals surface area contributed by atoms with Crippen molar-refractivity contribution in [2.24, 2.45) is 11.8 Å². The Morgan fingerprint density at radius 2 is 1.91 bits per heavy atom. The normalized spacial score (nSPS) is 17.7. The second-order valence-corrected chi connectivity index (χ2v) is 9.05. The summed E-state index contributed by atoms with van der Waals surface area (Å²) in [4.78, 5) is 2.47.